The Hall–Kier alpha value is -3.24. The lowest BCUT2D eigenvalue weighted by molar-refractivity contribution is 0.104. The normalized spacial score (nSPS) is 10.8. The second-order valence-electron chi connectivity index (χ2n) is 6.71. The SMILES string of the molecule is CCOc1ccc(COc2ccc(/C=C/C(=O)c3ccc(Cl)cc3)cc2)cc1OCC. The van der Waals surface area contributed by atoms with Crippen LogP contribution in [0, 0.1) is 0 Å². The molecule has 31 heavy (non-hydrogen) atoms. The highest BCUT2D eigenvalue weighted by Crippen LogP contribution is 2.29. The molecule has 3 rings (SSSR count). The van der Waals surface area contributed by atoms with Gasteiger partial charge in [0.1, 0.15) is 12.4 Å². The van der Waals surface area contributed by atoms with Gasteiger partial charge in [-0.3, -0.25) is 4.79 Å². The lowest BCUT2D eigenvalue weighted by Crippen LogP contribution is -2.01. The quantitative estimate of drug-likeness (QED) is 0.265. The second kappa shape index (κ2) is 11.2. The van der Waals surface area contributed by atoms with Crippen molar-refractivity contribution in [3.05, 3.63) is 94.5 Å². The van der Waals surface area contributed by atoms with Crippen LogP contribution < -0.4 is 14.2 Å². The number of hydrogen-bond donors (Lipinski definition) is 0. The van der Waals surface area contributed by atoms with Crippen LogP contribution in [0.3, 0.4) is 0 Å². The number of carbonyl (C=O) groups excluding carboxylic acids is 1. The van der Waals surface area contributed by atoms with Gasteiger partial charge in [-0.15, -0.1) is 0 Å². The summed E-state index contributed by atoms with van der Waals surface area (Å²) in [5, 5.41) is 0.607. The first kappa shape index (κ1) is 22.4. The van der Waals surface area contributed by atoms with Crippen molar-refractivity contribution in [2.45, 2.75) is 20.5 Å². The lowest BCUT2D eigenvalue weighted by Gasteiger charge is -2.13. The highest BCUT2D eigenvalue weighted by molar-refractivity contribution is 6.30. The average molecular weight is 437 g/mol. The molecule has 0 unspecified atom stereocenters. The predicted molar refractivity (Wildman–Crippen MR) is 124 cm³/mol. The van der Waals surface area contributed by atoms with Gasteiger partial charge in [-0.2, -0.15) is 0 Å². The number of hydrogen-bond acceptors (Lipinski definition) is 4. The third-order valence-corrected chi connectivity index (χ3v) is 4.70. The summed E-state index contributed by atoms with van der Waals surface area (Å²) in [4.78, 5) is 12.2. The molecule has 0 spiro atoms. The average Bonchev–Trinajstić information content (AvgIpc) is 2.79. The Morgan fingerprint density at radius 2 is 1.52 bits per heavy atom. The fraction of sp³-hybridized carbons (Fsp3) is 0.192. The molecule has 0 fully saturated rings. The molecule has 0 aliphatic heterocycles. The second-order valence-corrected chi connectivity index (χ2v) is 7.15. The smallest absolute Gasteiger partial charge is 0.185 e. The molecule has 0 aliphatic rings. The summed E-state index contributed by atoms with van der Waals surface area (Å²) < 4.78 is 17.1. The highest BCUT2D eigenvalue weighted by Gasteiger charge is 2.07. The van der Waals surface area contributed by atoms with Gasteiger partial charge in [0.25, 0.3) is 0 Å². The van der Waals surface area contributed by atoms with E-state index in [1.807, 2.05) is 56.3 Å². The van der Waals surface area contributed by atoms with Gasteiger partial charge < -0.3 is 14.2 Å². The Bertz CT molecular complexity index is 1020. The Balaban J connectivity index is 1.58. The van der Waals surface area contributed by atoms with Gasteiger partial charge in [0.05, 0.1) is 13.2 Å². The van der Waals surface area contributed by atoms with Crippen LogP contribution in [0.5, 0.6) is 17.2 Å². The molecule has 0 radical (unpaired) electrons. The molecule has 0 N–H and O–H groups in total. The summed E-state index contributed by atoms with van der Waals surface area (Å²) in [6.45, 7) is 5.45. The van der Waals surface area contributed by atoms with E-state index >= 15 is 0 Å². The van der Waals surface area contributed by atoms with E-state index in [0.717, 1.165) is 28.4 Å². The number of ketones is 1. The number of allylic oxidation sites excluding steroid dienone is 1. The Kier molecular flexibility index (Phi) is 8.13. The first-order chi connectivity index (χ1) is 15.1. The van der Waals surface area contributed by atoms with Gasteiger partial charge in [0.15, 0.2) is 17.3 Å². The molecular formula is C26H25ClO4. The van der Waals surface area contributed by atoms with Crippen molar-refractivity contribution in [2.24, 2.45) is 0 Å². The maximum Gasteiger partial charge on any atom is 0.185 e. The van der Waals surface area contributed by atoms with Gasteiger partial charge in [0.2, 0.25) is 0 Å². The maximum absolute atomic E-state index is 12.2. The molecule has 0 saturated heterocycles. The number of halogens is 1. The van der Waals surface area contributed by atoms with E-state index in [2.05, 4.69) is 0 Å². The van der Waals surface area contributed by atoms with Crippen LogP contribution in [0.4, 0.5) is 0 Å². The molecule has 160 valence electrons. The Labute approximate surface area is 188 Å². The summed E-state index contributed by atoms with van der Waals surface area (Å²) in [5.41, 5.74) is 2.50. The van der Waals surface area contributed by atoms with Crippen molar-refractivity contribution >= 4 is 23.5 Å². The molecule has 3 aromatic rings. The minimum Gasteiger partial charge on any atom is -0.490 e. The molecule has 0 aromatic heterocycles. The van der Waals surface area contributed by atoms with E-state index in [-0.39, 0.29) is 5.78 Å². The van der Waals surface area contributed by atoms with Crippen LogP contribution in [0.15, 0.2) is 72.8 Å². The van der Waals surface area contributed by atoms with Crippen molar-refractivity contribution < 1.29 is 19.0 Å². The van der Waals surface area contributed by atoms with Crippen LogP contribution in [-0.4, -0.2) is 19.0 Å². The van der Waals surface area contributed by atoms with E-state index in [0.29, 0.717) is 30.4 Å². The minimum absolute atomic E-state index is 0.0717. The van der Waals surface area contributed by atoms with Gasteiger partial charge in [-0.05, 0) is 79.6 Å². The Morgan fingerprint density at radius 3 is 2.19 bits per heavy atom. The largest absolute Gasteiger partial charge is 0.490 e. The fourth-order valence-electron chi connectivity index (χ4n) is 2.91. The van der Waals surface area contributed by atoms with Crippen LogP contribution >= 0.6 is 11.6 Å². The van der Waals surface area contributed by atoms with Gasteiger partial charge in [-0.1, -0.05) is 35.9 Å². The number of carbonyl (C=O) groups is 1. The summed E-state index contributed by atoms with van der Waals surface area (Å²) in [6.07, 6.45) is 3.33. The van der Waals surface area contributed by atoms with Crippen molar-refractivity contribution in [1.82, 2.24) is 0 Å². The minimum atomic E-state index is -0.0717. The summed E-state index contributed by atoms with van der Waals surface area (Å²) >= 11 is 5.86. The standard InChI is InChI=1S/C26H25ClO4/c1-3-29-25-16-8-20(17-26(25)30-4-2)18-31-23-13-5-19(6-14-23)7-15-24(28)21-9-11-22(27)12-10-21/h5-17H,3-4,18H2,1-2H3/b15-7+. The lowest BCUT2D eigenvalue weighted by atomic mass is 10.1. The maximum atomic E-state index is 12.2. The zero-order chi connectivity index (χ0) is 22.1. The Morgan fingerprint density at radius 1 is 0.839 bits per heavy atom. The van der Waals surface area contributed by atoms with Gasteiger partial charge in [0, 0.05) is 10.6 Å². The predicted octanol–water partition coefficient (Wildman–Crippen LogP) is 6.61. The van der Waals surface area contributed by atoms with Crippen LogP contribution in [-0.2, 0) is 6.61 Å². The van der Waals surface area contributed by atoms with Crippen molar-refractivity contribution in [3.63, 3.8) is 0 Å². The van der Waals surface area contributed by atoms with Crippen LogP contribution in [0.25, 0.3) is 6.08 Å². The van der Waals surface area contributed by atoms with Crippen molar-refractivity contribution in [3.8, 4) is 17.2 Å². The van der Waals surface area contributed by atoms with E-state index < -0.39 is 0 Å². The van der Waals surface area contributed by atoms with E-state index in [1.54, 1.807) is 36.4 Å². The van der Waals surface area contributed by atoms with E-state index in [4.69, 9.17) is 25.8 Å². The molecule has 4 nitrogen and oxygen atoms in total. The first-order valence-corrected chi connectivity index (χ1v) is 10.6. The van der Waals surface area contributed by atoms with Crippen molar-refractivity contribution in [2.75, 3.05) is 13.2 Å². The fourth-order valence-corrected chi connectivity index (χ4v) is 3.04. The summed E-state index contributed by atoms with van der Waals surface area (Å²) in [6, 6.07) is 20.2. The third kappa shape index (κ3) is 6.63. The molecule has 0 amide bonds. The zero-order valence-corrected chi connectivity index (χ0v) is 18.4. The molecule has 3 aromatic carbocycles. The molecule has 0 aliphatic carbocycles. The molecule has 0 saturated carbocycles. The first-order valence-electron chi connectivity index (χ1n) is 10.2. The topological polar surface area (TPSA) is 44.8 Å². The van der Waals surface area contributed by atoms with Gasteiger partial charge in [-0.25, -0.2) is 0 Å². The van der Waals surface area contributed by atoms with Crippen LogP contribution in [0.1, 0.15) is 35.3 Å². The van der Waals surface area contributed by atoms with Crippen molar-refractivity contribution in [1.29, 1.82) is 0 Å². The molecule has 0 atom stereocenters. The highest BCUT2D eigenvalue weighted by atomic mass is 35.5. The molecular weight excluding hydrogens is 412 g/mol. The summed E-state index contributed by atoms with van der Waals surface area (Å²) in [5.74, 6) is 2.12. The van der Waals surface area contributed by atoms with Crippen LogP contribution in [0.2, 0.25) is 5.02 Å². The molecule has 0 heterocycles. The van der Waals surface area contributed by atoms with E-state index in [1.165, 1.54) is 0 Å². The van der Waals surface area contributed by atoms with E-state index in [9.17, 15) is 4.79 Å². The van der Waals surface area contributed by atoms with Gasteiger partial charge >= 0.3 is 0 Å². The summed E-state index contributed by atoms with van der Waals surface area (Å²) in [7, 11) is 0. The number of ether oxygens (including phenoxy) is 3. The number of rotatable bonds is 10. The molecule has 5 heteroatoms. The zero-order valence-electron chi connectivity index (χ0n) is 17.6. The molecule has 0 bridgehead atoms. The third-order valence-electron chi connectivity index (χ3n) is 4.45. The number of benzene rings is 3. The monoisotopic (exact) mass is 436 g/mol.